The zero-order chi connectivity index (χ0) is 19.3. The second-order valence-corrected chi connectivity index (χ2v) is 8.70. The molecule has 2 N–H and O–H groups in total. The van der Waals surface area contributed by atoms with Crippen molar-refractivity contribution in [1.82, 2.24) is 15.0 Å². The van der Waals surface area contributed by atoms with Crippen LogP contribution in [-0.2, 0) is 21.4 Å². The predicted octanol–water partition coefficient (Wildman–Crippen LogP) is 3.06. The van der Waals surface area contributed by atoms with Crippen molar-refractivity contribution in [2.24, 2.45) is 0 Å². The molecule has 0 unspecified atom stereocenters. The summed E-state index contributed by atoms with van der Waals surface area (Å²) in [5.41, 5.74) is 1.65. The molecule has 3 rings (SSSR count). The van der Waals surface area contributed by atoms with Crippen molar-refractivity contribution >= 4 is 38.9 Å². The molecule has 0 spiro atoms. The van der Waals surface area contributed by atoms with Crippen LogP contribution >= 0.6 is 22.9 Å². The summed E-state index contributed by atoms with van der Waals surface area (Å²) in [5.74, 6) is -0.443. The highest BCUT2D eigenvalue weighted by Crippen LogP contribution is 2.25. The highest BCUT2D eigenvalue weighted by Gasteiger charge is 2.16. The fourth-order valence-electron chi connectivity index (χ4n) is 2.35. The van der Waals surface area contributed by atoms with Gasteiger partial charge in [0.2, 0.25) is 15.9 Å². The lowest BCUT2D eigenvalue weighted by molar-refractivity contribution is -0.120. The SMILES string of the molecule is O=C(CNS(=O)(=O)c1cccc(Cl)c1)NCc1cccnc1-c1cccs1. The Morgan fingerprint density at radius 3 is 2.74 bits per heavy atom. The number of sulfonamides is 1. The topological polar surface area (TPSA) is 88.2 Å². The zero-order valence-electron chi connectivity index (χ0n) is 14.1. The van der Waals surface area contributed by atoms with E-state index in [-0.39, 0.29) is 18.0 Å². The molecular weight excluding hydrogens is 406 g/mol. The van der Waals surface area contributed by atoms with Gasteiger partial charge in [0.1, 0.15) is 0 Å². The molecule has 1 aromatic carbocycles. The van der Waals surface area contributed by atoms with Gasteiger partial charge in [0.15, 0.2) is 0 Å². The summed E-state index contributed by atoms with van der Waals surface area (Å²) in [5, 5.41) is 4.97. The van der Waals surface area contributed by atoms with E-state index in [1.54, 1.807) is 29.7 Å². The Kier molecular flexibility index (Phi) is 6.22. The number of nitrogens with zero attached hydrogens (tertiary/aromatic N) is 1. The monoisotopic (exact) mass is 421 g/mol. The van der Waals surface area contributed by atoms with Crippen molar-refractivity contribution in [1.29, 1.82) is 0 Å². The molecule has 0 saturated carbocycles. The molecule has 3 aromatic rings. The molecule has 140 valence electrons. The molecular formula is C18H16ClN3O3S2. The van der Waals surface area contributed by atoms with Crippen LogP contribution in [0.1, 0.15) is 5.56 Å². The normalized spacial score (nSPS) is 11.3. The first-order chi connectivity index (χ1) is 13.0. The van der Waals surface area contributed by atoms with E-state index in [0.29, 0.717) is 5.02 Å². The van der Waals surface area contributed by atoms with E-state index in [0.717, 1.165) is 16.1 Å². The fourth-order valence-corrected chi connectivity index (χ4v) is 4.39. The van der Waals surface area contributed by atoms with Gasteiger partial charge in [-0.3, -0.25) is 9.78 Å². The second-order valence-electron chi connectivity index (χ2n) is 5.55. The fraction of sp³-hybridized carbons (Fsp3) is 0.111. The third kappa shape index (κ3) is 5.14. The van der Waals surface area contributed by atoms with Gasteiger partial charge in [0.05, 0.1) is 22.0 Å². The number of hydrogen-bond acceptors (Lipinski definition) is 5. The number of benzene rings is 1. The number of halogens is 1. The largest absolute Gasteiger partial charge is 0.351 e. The van der Waals surface area contributed by atoms with Gasteiger partial charge in [-0.2, -0.15) is 0 Å². The molecule has 0 aliphatic rings. The van der Waals surface area contributed by atoms with E-state index in [2.05, 4.69) is 15.0 Å². The van der Waals surface area contributed by atoms with E-state index in [1.807, 2.05) is 23.6 Å². The number of carbonyl (C=O) groups is 1. The van der Waals surface area contributed by atoms with Crippen LogP contribution in [0.25, 0.3) is 10.6 Å². The lowest BCUT2D eigenvalue weighted by Crippen LogP contribution is -2.36. The van der Waals surface area contributed by atoms with Crippen LogP contribution in [0, 0.1) is 0 Å². The number of hydrogen-bond donors (Lipinski definition) is 2. The van der Waals surface area contributed by atoms with E-state index < -0.39 is 15.9 Å². The summed E-state index contributed by atoms with van der Waals surface area (Å²) in [6.07, 6.45) is 1.69. The first kappa shape index (κ1) is 19.5. The maximum Gasteiger partial charge on any atom is 0.241 e. The number of aromatic nitrogens is 1. The molecule has 0 bridgehead atoms. The molecule has 27 heavy (non-hydrogen) atoms. The summed E-state index contributed by atoms with van der Waals surface area (Å²) < 4.78 is 26.7. The number of thiophene rings is 1. The van der Waals surface area contributed by atoms with Crippen LogP contribution in [0.15, 0.2) is 65.0 Å². The van der Waals surface area contributed by atoms with E-state index in [4.69, 9.17) is 11.6 Å². The summed E-state index contributed by atoms with van der Waals surface area (Å²) >= 11 is 7.37. The Labute approximate surface area is 166 Å². The summed E-state index contributed by atoms with van der Waals surface area (Å²) in [6.45, 7) is -0.123. The maximum absolute atomic E-state index is 12.2. The molecule has 1 amide bonds. The van der Waals surface area contributed by atoms with E-state index in [9.17, 15) is 13.2 Å². The average molecular weight is 422 g/mol. The number of nitrogens with one attached hydrogen (secondary N) is 2. The Morgan fingerprint density at radius 1 is 1.15 bits per heavy atom. The second kappa shape index (κ2) is 8.62. The predicted molar refractivity (Wildman–Crippen MR) is 106 cm³/mol. The molecule has 0 atom stereocenters. The lowest BCUT2D eigenvalue weighted by Gasteiger charge is -2.10. The minimum absolute atomic E-state index is 0.00930. The number of carbonyl (C=O) groups excluding carboxylic acids is 1. The summed E-state index contributed by atoms with van der Waals surface area (Å²) in [6, 6.07) is 13.4. The molecule has 9 heteroatoms. The van der Waals surface area contributed by atoms with Gasteiger partial charge in [-0.15, -0.1) is 11.3 Å². The Morgan fingerprint density at radius 2 is 2.00 bits per heavy atom. The van der Waals surface area contributed by atoms with Crippen molar-refractivity contribution < 1.29 is 13.2 Å². The average Bonchev–Trinajstić information content (AvgIpc) is 3.19. The van der Waals surface area contributed by atoms with Crippen molar-refractivity contribution in [2.75, 3.05) is 6.54 Å². The van der Waals surface area contributed by atoms with E-state index in [1.165, 1.54) is 18.2 Å². The highest BCUT2D eigenvalue weighted by molar-refractivity contribution is 7.89. The Hall–Kier alpha value is -2.26. The lowest BCUT2D eigenvalue weighted by atomic mass is 10.1. The molecule has 2 aromatic heterocycles. The first-order valence-electron chi connectivity index (χ1n) is 7.95. The Balaban J connectivity index is 1.60. The standard InChI is InChI=1S/C18H16ClN3O3S2/c19-14-5-1-6-15(10-14)27(24,25)22-12-17(23)21-11-13-4-2-8-20-18(13)16-7-3-9-26-16/h1-10,22H,11-12H2,(H,21,23). The van der Waals surface area contributed by atoms with Gasteiger partial charge in [0.25, 0.3) is 0 Å². The third-order valence-corrected chi connectivity index (χ3v) is 6.16. The molecule has 0 aliphatic heterocycles. The van der Waals surface area contributed by atoms with Crippen LogP contribution in [-0.4, -0.2) is 25.9 Å². The zero-order valence-corrected chi connectivity index (χ0v) is 16.4. The van der Waals surface area contributed by atoms with E-state index >= 15 is 0 Å². The van der Waals surface area contributed by atoms with Crippen LogP contribution in [0.3, 0.4) is 0 Å². The first-order valence-corrected chi connectivity index (χ1v) is 10.7. The molecule has 0 fully saturated rings. The van der Waals surface area contributed by atoms with Crippen LogP contribution in [0.4, 0.5) is 0 Å². The minimum atomic E-state index is -3.81. The van der Waals surface area contributed by atoms with Gasteiger partial charge in [0, 0.05) is 17.8 Å². The number of pyridine rings is 1. The van der Waals surface area contributed by atoms with Crippen molar-refractivity contribution in [3.63, 3.8) is 0 Å². The van der Waals surface area contributed by atoms with Crippen LogP contribution in [0.5, 0.6) is 0 Å². The number of amides is 1. The molecule has 0 saturated heterocycles. The van der Waals surface area contributed by atoms with Crippen LogP contribution in [0.2, 0.25) is 5.02 Å². The maximum atomic E-state index is 12.2. The molecule has 0 aliphatic carbocycles. The highest BCUT2D eigenvalue weighted by atomic mass is 35.5. The smallest absolute Gasteiger partial charge is 0.241 e. The molecule has 2 heterocycles. The van der Waals surface area contributed by atoms with Gasteiger partial charge >= 0.3 is 0 Å². The molecule has 0 radical (unpaired) electrons. The minimum Gasteiger partial charge on any atom is -0.351 e. The quantitative estimate of drug-likeness (QED) is 0.613. The third-order valence-electron chi connectivity index (χ3n) is 3.65. The van der Waals surface area contributed by atoms with Crippen molar-refractivity contribution in [3.05, 3.63) is 70.7 Å². The van der Waals surface area contributed by atoms with Crippen molar-refractivity contribution in [3.8, 4) is 10.6 Å². The molecule has 6 nitrogen and oxygen atoms in total. The van der Waals surface area contributed by atoms with Crippen molar-refractivity contribution in [2.45, 2.75) is 11.4 Å². The van der Waals surface area contributed by atoms with Gasteiger partial charge in [-0.05, 0) is 41.3 Å². The van der Waals surface area contributed by atoms with Gasteiger partial charge in [-0.1, -0.05) is 29.8 Å². The summed E-state index contributed by atoms with van der Waals surface area (Å²) in [4.78, 5) is 17.5. The number of rotatable bonds is 7. The van der Waals surface area contributed by atoms with Gasteiger partial charge < -0.3 is 5.32 Å². The Bertz CT molecular complexity index is 1040. The summed E-state index contributed by atoms with van der Waals surface area (Å²) in [7, 11) is -3.81. The van der Waals surface area contributed by atoms with Crippen LogP contribution < -0.4 is 10.0 Å². The van der Waals surface area contributed by atoms with Gasteiger partial charge in [-0.25, -0.2) is 13.1 Å².